The van der Waals surface area contributed by atoms with Crippen LogP contribution in [0.15, 0.2) is 42.5 Å². The predicted molar refractivity (Wildman–Crippen MR) is 72.2 cm³/mol. The van der Waals surface area contributed by atoms with Crippen LogP contribution in [0.1, 0.15) is 17.2 Å². The normalized spacial score (nSPS) is 12.3. The monoisotopic (exact) mass is 228 g/mol. The molecule has 0 aliphatic carbocycles. The Hall–Kier alpha value is -2.20. The zero-order valence-electron chi connectivity index (χ0n) is 9.43. The van der Waals surface area contributed by atoms with Gasteiger partial charge in [0.2, 0.25) is 0 Å². The number of benzene rings is 2. The smallest absolute Gasteiger partial charge is 0.0592 e. The van der Waals surface area contributed by atoms with Crippen LogP contribution in [0.2, 0.25) is 0 Å². The Bertz CT molecular complexity index is 499. The van der Waals surface area contributed by atoms with E-state index in [1.54, 1.807) is 12.1 Å². The second kappa shape index (κ2) is 4.35. The van der Waals surface area contributed by atoms with Crippen molar-refractivity contribution in [1.29, 1.82) is 0 Å². The molecule has 2 aromatic rings. The van der Waals surface area contributed by atoms with E-state index < -0.39 is 0 Å². The summed E-state index contributed by atoms with van der Waals surface area (Å²) in [6.07, 6.45) is 0. The molecule has 2 rings (SSSR count). The van der Waals surface area contributed by atoms with Crippen LogP contribution in [0.4, 0.5) is 17.1 Å². The summed E-state index contributed by atoms with van der Waals surface area (Å²) in [6.45, 7) is 0. The summed E-state index contributed by atoms with van der Waals surface area (Å²) >= 11 is 0. The third-order valence-corrected chi connectivity index (χ3v) is 2.74. The van der Waals surface area contributed by atoms with Crippen molar-refractivity contribution in [3.05, 3.63) is 53.6 Å². The van der Waals surface area contributed by atoms with E-state index in [1.807, 2.05) is 30.3 Å². The van der Waals surface area contributed by atoms with E-state index in [0.29, 0.717) is 17.1 Å². The lowest BCUT2D eigenvalue weighted by Gasteiger charge is -2.17. The maximum Gasteiger partial charge on any atom is 0.0592 e. The summed E-state index contributed by atoms with van der Waals surface area (Å²) in [5, 5.41) is 0. The van der Waals surface area contributed by atoms with Gasteiger partial charge >= 0.3 is 0 Å². The summed E-state index contributed by atoms with van der Waals surface area (Å²) < 4.78 is 0. The third kappa shape index (κ3) is 2.16. The molecule has 2 aromatic carbocycles. The highest BCUT2D eigenvalue weighted by Crippen LogP contribution is 2.31. The lowest BCUT2D eigenvalue weighted by atomic mass is 9.96. The van der Waals surface area contributed by atoms with Gasteiger partial charge in [-0.25, -0.2) is 0 Å². The first kappa shape index (κ1) is 11.3. The summed E-state index contributed by atoms with van der Waals surface area (Å²) in [6, 6.07) is 12.7. The van der Waals surface area contributed by atoms with Gasteiger partial charge in [0.1, 0.15) is 0 Å². The fourth-order valence-electron chi connectivity index (χ4n) is 1.91. The highest BCUT2D eigenvalue weighted by molar-refractivity contribution is 5.70. The number of nitrogen functional groups attached to an aromatic ring is 3. The van der Waals surface area contributed by atoms with Crippen LogP contribution in [-0.2, 0) is 0 Å². The molecule has 0 fully saturated rings. The van der Waals surface area contributed by atoms with Gasteiger partial charge in [-0.1, -0.05) is 30.3 Å². The second-order valence-corrected chi connectivity index (χ2v) is 4.00. The molecule has 4 nitrogen and oxygen atoms in total. The fourth-order valence-corrected chi connectivity index (χ4v) is 1.91. The molecule has 0 amide bonds. The Morgan fingerprint density at radius 3 is 1.88 bits per heavy atom. The van der Waals surface area contributed by atoms with E-state index in [2.05, 4.69) is 0 Å². The minimum Gasteiger partial charge on any atom is -0.399 e. The number of hydrogen-bond acceptors (Lipinski definition) is 4. The van der Waals surface area contributed by atoms with Gasteiger partial charge in [0.15, 0.2) is 0 Å². The zero-order valence-corrected chi connectivity index (χ0v) is 9.43. The maximum atomic E-state index is 6.17. The van der Waals surface area contributed by atoms with Crippen molar-refractivity contribution in [3.63, 3.8) is 0 Å². The highest BCUT2D eigenvalue weighted by atomic mass is 14.7. The summed E-state index contributed by atoms with van der Waals surface area (Å²) in [4.78, 5) is 0. The molecular weight excluding hydrogens is 212 g/mol. The standard InChI is InChI=1S/C13H16N4/c14-9-6-10(15)12(11(16)7-9)13(17)8-4-2-1-3-5-8/h1-7,13H,14-17H2. The Morgan fingerprint density at radius 1 is 0.824 bits per heavy atom. The molecule has 1 unspecified atom stereocenters. The van der Waals surface area contributed by atoms with Gasteiger partial charge in [-0.2, -0.15) is 0 Å². The van der Waals surface area contributed by atoms with Gasteiger partial charge in [-0.3, -0.25) is 0 Å². The lowest BCUT2D eigenvalue weighted by Crippen LogP contribution is -2.16. The predicted octanol–water partition coefficient (Wildman–Crippen LogP) is 1.48. The molecule has 4 heteroatoms. The van der Waals surface area contributed by atoms with Crippen molar-refractivity contribution in [2.45, 2.75) is 6.04 Å². The molecule has 0 saturated heterocycles. The summed E-state index contributed by atoms with van der Waals surface area (Å²) in [7, 11) is 0. The quantitative estimate of drug-likeness (QED) is 0.584. The first-order valence-corrected chi connectivity index (χ1v) is 5.34. The van der Waals surface area contributed by atoms with E-state index in [9.17, 15) is 0 Å². The van der Waals surface area contributed by atoms with Crippen molar-refractivity contribution >= 4 is 17.1 Å². The molecule has 0 radical (unpaired) electrons. The van der Waals surface area contributed by atoms with Gasteiger partial charge in [0, 0.05) is 22.6 Å². The first-order chi connectivity index (χ1) is 8.09. The number of hydrogen-bond donors (Lipinski definition) is 4. The molecule has 17 heavy (non-hydrogen) atoms. The molecular formula is C13H16N4. The third-order valence-electron chi connectivity index (χ3n) is 2.74. The minimum absolute atomic E-state index is 0.336. The number of rotatable bonds is 2. The summed E-state index contributed by atoms with van der Waals surface area (Å²) in [5.74, 6) is 0. The largest absolute Gasteiger partial charge is 0.399 e. The van der Waals surface area contributed by atoms with E-state index in [0.717, 1.165) is 11.1 Å². The van der Waals surface area contributed by atoms with Crippen molar-refractivity contribution in [3.8, 4) is 0 Å². The van der Waals surface area contributed by atoms with Gasteiger partial charge in [0.25, 0.3) is 0 Å². The van der Waals surface area contributed by atoms with Crippen molar-refractivity contribution in [2.75, 3.05) is 17.2 Å². The zero-order chi connectivity index (χ0) is 12.4. The van der Waals surface area contributed by atoms with Gasteiger partial charge < -0.3 is 22.9 Å². The molecule has 0 saturated carbocycles. The molecule has 0 aliphatic heterocycles. The molecule has 0 aliphatic rings. The molecule has 0 spiro atoms. The highest BCUT2D eigenvalue weighted by Gasteiger charge is 2.15. The Morgan fingerprint density at radius 2 is 1.35 bits per heavy atom. The van der Waals surface area contributed by atoms with Gasteiger partial charge in [-0.15, -0.1) is 0 Å². The Labute approximate surface area is 100 Å². The topological polar surface area (TPSA) is 104 Å². The fraction of sp³-hybridized carbons (Fsp3) is 0.0769. The van der Waals surface area contributed by atoms with Crippen LogP contribution in [0.3, 0.4) is 0 Å². The van der Waals surface area contributed by atoms with Crippen LogP contribution < -0.4 is 22.9 Å². The molecule has 1 atom stereocenters. The van der Waals surface area contributed by atoms with Gasteiger partial charge in [-0.05, 0) is 17.7 Å². The van der Waals surface area contributed by atoms with E-state index in [1.165, 1.54) is 0 Å². The average Bonchev–Trinajstić information content (AvgIpc) is 2.28. The average molecular weight is 228 g/mol. The van der Waals surface area contributed by atoms with Gasteiger partial charge in [0.05, 0.1) is 6.04 Å². The molecule has 0 bridgehead atoms. The lowest BCUT2D eigenvalue weighted by molar-refractivity contribution is 0.878. The molecule has 0 heterocycles. The van der Waals surface area contributed by atoms with Crippen molar-refractivity contribution in [1.82, 2.24) is 0 Å². The minimum atomic E-state index is -0.336. The summed E-state index contributed by atoms with van der Waals surface area (Å²) in [5.41, 5.74) is 27.0. The molecule has 8 N–H and O–H groups in total. The van der Waals surface area contributed by atoms with Crippen molar-refractivity contribution < 1.29 is 0 Å². The number of nitrogens with two attached hydrogens (primary N) is 4. The van der Waals surface area contributed by atoms with Crippen LogP contribution in [-0.4, -0.2) is 0 Å². The van der Waals surface area contributed by atoms with Crippen LogP contribution >= 0.6 is 0 Å². The molecule has 0 aromatic heterocycles. The maximum absolute atomic E-state index is 6.17. The van der Waals surface area contributed by atoms with E-state index >= 15 is 0 Å². The van der Waals surface area contributed by atoms with E-state index in [-0.39, 0.29) is 6.04 Å². The Kier molecular flexibility index (Phi) is 2.89. The first-order valence-electron chi connectivity index (χ1n) is 5.34. The number of anilines is 3. The van der Waals surface area contributed by atoms with Crippen LogP contribution in [0, 0.1) is 0 Å². The molecule has 88 valence electrons. The Balaban J connectivity index is 2.48. The van der Waals surface area contributed by atoms with E-state index in [4.69, 9.17) is 22.9 Å². The van der Waals surface area contributed by atoms with Crippen molar-refractivity contribution in [2.24, 2.45) is 5.73 Å². The SMILES string of the molecule is Nc1cc(N)c(C(N)c2ccccc2)c(N)c1. The van der Waals surface area contributed by atoms with Crippen LogP contribution in [0.5, 0.6) is 0 Å². The second-order valence-electron chi connectivity index (χ2n) is 4.00. The van der Waals surface area contributed by atoms with Crippen LogP contribution in [0.25, 0.3) is 0 Å².